The molecule has 0 aliphatic rings. The van der Waals surface area contributed by atoms with E-state index in [1.165, 1.54) is 0 Å². The quantitative estimate of drug-likeness (QED) is 0.517. The van der Waals surface area contributed by atoms with E-state index in [0.717, 1.165) is 19.4 Å². The lowest BCUT2D eigenvalue weighted by Gasteiger charge is -2.19. The number of likely N-dealkylation sites (N-methyl/N-ethyl adjacent to an activating group) is 1. The van der Waals surface area contributed by atoms with Crippen LogP contribution in [0, 0.1) is 0 Å². The molecule has 2 N–H and O–H groups in total. The van der Waals surface area contributed by atoms with Crippen molar-refractivity contribution >= 4 is 0 Å². The van der Waals surface area contributed by atoms with Gasteiger partial charge in [0.1, 0.15) is 0 Å². The molecule has 1 unspecified atom stereocenters. The lowest BCUT2D eigenvalue weighted by Crippen LogP contribution is -2.32. The van der Waals surface area contributed by atoms with Crippen LogP contribution in [0.2, 0.25) is 0 Å². The Bertz CT molecular complexity index is 111. The van der Waals surface area contributed by atoms with Gasteiger partial charge in [0, 0.05) is 20.3 Å². The van der Waals surface area contributed by atoms with Crippen molar-refractivity contribution in [1.29, 1.82) is 0 Å². The fraction of sp³-hybridized carbons (Fsp3) is 1.00. The summed E-state index contributed by atoms with van der Waals surface area (Å²) in [7, 11) is 3.53. The Morgan fingerprint density at radius 1 is 1.38 bits per heavy atom. The molecule has 0 saturated heterocycles. The molecule has 0 fully saturated rings. The Hall–Kier alpha value is -0.160. The van der Waals surface area contributed by atoms with Crippen LogP contribution in [0.25, 0.3) is 0 Å². The van der Waals surface area contributed by atoms with E-state index in [1.54, 1.807) is 7.11 Å². The first kappa shape index (κ1) is 12.8. The summed E-state index contributed by atoms with van der Waals surface area (Å²) in [6.45, 7) is 2.15. The summed E-state index contributed by atoms with van der Waals surface area (Å²) in [5.74, 6) is 0. The van der Waals surface area contributed by atoms with Crippen LogP contribution in [0.3, 0.4) is 0 Å². The van der Waals surface area contributed by atoms with Crippen LogP contribution in [0.5, 0.6) is 0 Å². The van der Waals surface area contributed by atoms with Crippen molar-refractivity contribution < 1.29 is 14.9 Å². The second-order valence-corrected chi connectivity index (χ2v) is 3.30. The van der Waals surface area contributed by atoms with E-state index in [1.807, 2.05) is 11.9 Å². The molecule has 0 saturated carbocycles. The van der Waals surface area contributed by atoms with Gasteiger partial charge in [0.05, 0.1) is 12.7 Å². The van der Waals surface area contributed by atoms with Gasteiger partial charge in [-0.15, -0.1) is 0 Å². The van der Waals surface area contributed by atoms with Gasteiger partial charge in [-0.2, -0.15) is 0 Å². The number of nitrogens with zero attached hydrogens (tertiary/aromatic N) is 1. The number of unbranched alkanes of at least 4 members (excludes halogenated alkanes) is 1. The minimum Gasteiger partial charge on any atom is -0.396 e. The van der Waals surface area contributed by atoms with Crippen molar-refractivity contribution in [1.82, 2.24) is 4.90 Å². The molecule has 0 aromatic heterocycles. The zero-order valence-corrected chi connectivity index (χ0v) is 8.57. The maximum atomic E-state index is 9.36. The molecular formula is C9H21NO3. The first-order chi connectivity index (χ1) is 6.20. The molecule has 0 radical (unpaired) electrons. The third-order valence-electron chi connectivity index (χ3n) is 1.83. The van der Waals surface area contributed by atoms with Gasteiger partial charge >= 0.3 is 0 Å². The molecule has 0 aromatic rings. The van der Waals surface area contributed by atoms with Crippen LogP contribution in [-0.2, 0) is 4.74 Å². The van der Waals surface area contributed by atoms with Gasteiger partial charge in [-0.1, -0.05) is 0 Å². The number of ether oxygens (including phenoxy) is 1. The standard InChI is InChI=1S/C9H21NO3/c1-10(5-3-4-6-11)7-9(12)8-13-2/h9,11-12H,3-8H2,1-2H3. The van der Waals surface area contributed by atoms with E-state index in [-0.39, 0.29) is 6.61 Å². The molecule has 1 atom stereocenters. The molecule has 0 aliphatic heterocycles. The number of methoxy groups -OCH3 is 1. The number of aliphatic hydroxyl groups is 2. The largest absolute Gasteiger partial charge is 0.396 e. The SMILES string of the molecule is COCC(O)CN(C)CCCCO. The highest BCUT2D eigenvalue weighted by molar-refractivity contribution is 4.60. The van der Waals surface area contributed by atoms with Gasteiger partial charge in [0.25, 0.3) is 0 Å². The van der Waals surface area contributed by atoms with E-state index in [9.17, 15) is 5.11 Å². The maximum Gasteiger partial charge on any atom is 0.0899 e. The Morgan fingerprint density at radius 3 is 2.62 bits per heavy atom. The van der Waals surface area contributed by atoms with Crippen LogP contribution in [0.1, 0.15) is 12.8 Å². The zero-order chi connectivity index (χ0) is 10.1. The molecule has 0 amide bonds. The van der Waals surface area contributed by atoms with Crippen molar-refractivity contribution in [3.05, 3.63) is 0 Å². The summed E-state index contributed by atoms with van der Waals surface area (Å²) in [6.07, 6.45) is 1.38. The predicted octanol–water partition coefficient (Wildman–Crippen LogP) is -0.302. The average Bonchev–Trinajstić information content (AvgIpc) is 2.05. The molecule has 0 rings (SSSR count). The van der Waals surface area contributed by atoms with Crippen LogP contribution in [-0.4, -0.2) is 61.7 Å². The van der Waals surface area contributed by atoms with Crippen LogP contribution in [0.4, 0.5) is 0 Å². The highest BCUT2D eigenvalue weighted by Gasteiger charge is 2.06. The van der Waals surface area contributed by atoms with Gasteiger partial charge in [-0.25, -0.2) is 0 Å². The van der Waals surface area contributed by atoms with Crippen LogP contribution < -0.4 is 0 Å². The highest BCUT2D eigenvalue weighted by Crippen LogP contribution is 1.94. The van der Waals surface area contributed by atoms with Gasteiger partial charge in [0.15, 0.2) is 0 Å². The molecule has 0 aromatic carbocycles. The number of rotatable bonds is 8. The third-order valence-corrected chi connectivity index (χ3v) is 1.83. The Balaban J connectivity index is 3.32. The van der Waals surface area contributed by atoms with E-state index in [0.29, 0.717) is 13.2 Å². The van der Waals surface area contributed by atoms with Crippen molar-refractivity contribution in [2.45, 2.75) is 18.9 Å². The minimum absolute atomic E-state index is 0.245. The molecule has 13 heavy (non-hydrogen) atoms. The first-order valence-electron chi connectivity index (χ1n) is 4.67. The molecule has 4 heteroatoms. The van der Waals surface area contributed by atoms with Crippen molar-refractivity contribution in [3.63, 3.8) is 0 Å². The summed E-state index contributed by atoms with van der Waals surface area (Å²) >= 11 is 0. The molecule has 0 spiro atoms. The van der Waals surface area contributed by atoms with Crippen LogP contribution >= 0.6 is 0 Å². The van der Waals surface area contributed by atoms with Crippen LogP contribution in [0.15, 0.2) is 0 Å². The lowest BCUT2D eigenvalue weighted by molar-refractivity contribution is 0.0428. The number of aliphatic hydroxyl groups excluding tert-OH is 2. The summed E-state index contributed by atoms with van der Waals surface area (Å²) in [5, 5.41) is 17.9. The van der Waals surface area contributed by atoms with E-state index < -0.39 is 6.10 Å². The summed E-state index contributed by atoms with van der Waals surface area (Å²) in [6, 6.07) is 0. The minimum atomic E-state index is -0.413. The molecule has 0 bridgehead atoms. The van der Waals surface area contributed by atoms with Gasteiger partial charge < -0.3 is 19.8 Å². The fourth-order valence-electron chi connectivity index (χ4n) is 1.19. The topological polar surface area (TPSA) is 52.9 Å². The Kier molecular flexibility index (Phi) is 8.33. The smallest absolute Gasteiger partial charge is 0.0899 e. The van der Waals surface area contributed by atoms with Gasteiger partial charge in [-0.05, 0) is 26.4 Å². The molecule has 4 nitrogen and oxygen atoms in total. The predicted molar refractivity (Wildman–Crippen MR) is 51.7 cm³/mol. The summed E-state index contributed by atoms with van der Waals surface area (Å²) in [5.41, 5.74) is 0. The Labute approximate surface area is 80.1 Å². The molecule has 80 valence electrons. The van der Waals surface area contributed by atoms with Gasteiger partial charge in [-0.3, -0.25) is 0 Å². The Morgan fingerprint density at radius 2 is 2.08 bits per heavy atom. The second kappa shape index (κ2) is 8.44. The van der Waals surface area contributed by atoms with Crippen molar-refractivity contribution in [3.8, 4) is 0 Å². The summed E-state index contributed by atoms with van der Waals surface area (Å²) < 4.78 is 4.81. The summed E-state index contributed by atoms with van der Waals surface area (Å²) in [4.78, 5) is 2.04. The first-order valence-corrected chi connectivity index (χ1v) is 4.67. The molecule has 0 heterocycles. The highest BCUT2D eigenvalue weighted by atomic mass is 16.5. The number of hydrogen-bond acceptors (Lipinski definition) is 4. The zero-order valence-electron chi connectivity index (χ0n) is 8.57. The molecule has 0 aliphatic carbocycles. The second-order valence-electron chi connectivity index (χ2n) is 3.30. The molecular weight excluding hydrogens is 170 g/mol. The average molecular weight is 191 g/mol. The lowest BCUT2D eigenvalue weighted by atomic mass is 10.3. The van der Waals surface area contributed by atoms with E-state index in [2.05, 4.69) is 0 Å². The van der Waals surface area contributed by atoms with Crippen molar-refractivity contribution in [2.75, 3.05) is 40.5 Å². The van der Waals surface area contributed by atoms with Crippen molar-refractivity contribution in [2.24, 2.45) is 0 Å². The number of hydrogen-bond donors (Lipinski definition) is 2. The van der Waals surface area contributed by atoms with E-state index >= 15 is 0 Å². The fourth-order valence-corrected chi connectivity index (χ4v) is 1.19. The van der Waals surface area contributed by atoms with E-state index in [4.69, 9.17) is 9.84 Å². The third kappa shape index (κ3) is 8.18. The monoisotopic (exact) mass is 191 g/mol. The van der Waals surface area contributed by atoms with Gasteiger partial charge in [0.2, 0.25) is 0 Å². The normalized spacial score (nSPS) is 13.6. The maximum absolute atomic E-state index is 9.36.